The van der Waals surface area contributed by atoms with Gasteiger partial charge in [-0.15, -0.1) is 0 Å². The molecule has 94 valence electrons. The van der Waals surface area contributed by atoms with E-state index in [4.69, 9.17) is 10.00 Å². The summed E-state index contributed by atoms with van der Waals surface area (Å²) in [6.45, 7) is -0.755. The van der Waals surface area contributed by atoms with E-state index in [-0.39, 0.29) is 17.0 Å². The van der Waals surface area contributed by atoms with Crippen molar-refractivity contribution in [1.82, 2.24) is 9.55 Å². The molecule has 5 nitrogen and oxygen atoms in total. The van der Waals surface area contributed by atoms with Crippen LogP contribution in [0.2, 0.25) is 0 Å². The molecule has 0 atom stereocenters. The van der Waals surface area contributed by atoms with Crippen molar-refractivity contribution in [2.45, 2.75) is 6.43 Å². The maximum Gasteiger partial charge on any atom is 0.326 e. The molecule has 1 heterocycles. The minimum absolute atomic E-state index is 0.133. The number of benzene rings is 1. The molecule has 1 aromatic heterocycles. The number of hydrogen-bond acceptors (Lipinski definition) is 3. The quantitative estimate of drug-likeness (QED) is 0.898. The second kappa shape index (κ2) is 4.49. The molecule has 0 amide bonds. The summed E-state index contributed by atoms with van der Waals surface area (Å²) in [6, 6.07) is 4.65. The van der Waals surface area contributed by atoms with Crippen LogP contribution >= 0.6 is 0 Å². The molecule has 0 saturated carbocycles. The smallest absolute Gasteiger partial charge is 0.326 e. The highest BCUT2D eigenvalue weighted by Crippen LogP contribution is 2.22. The number of ether oxygens (including phenoxy) is 1. The summed E-state index contributed by atoms with van der Waals surface area (Å²) >= 11 is 0. The van der Waals surface area contributed by atoms with E-state index in [1.165, 1.54) is 23.7 Å². The molecule has 0 spiro atoms. The third-order valence-corrected chi connectivity index (χ3v) is 2.49. The molecule has 0 aliphatic heterocycles. The van der Waals surface area contributed by atoms with E-state index in [0.717, 1.165) is 0 Å². The summed E-state index contributed by atoms with van der Waals surface area (Å²) in [5.41, 5.74) is 0.597. The number of aromatic nitrogens is 2. The molecular formula is C11H9F2N3O2. The van der Waals surface area contributed by atoms with Gasteiger partial charge in [-0.25, -0.2) is 13.6 Å². The Kier molecular flexibility index (Phi) is 3.02. The molecule has 18 heavy (non-hydrogen) atoms. The number of alkyl halides is 2. The standard InChI is InChI=1S/C11H9F2N3O2/c1-16-8-3-7(18-5-9(12)13)2-6(4-14)10(8)15-11(16)17/h2-3,9H,5H2,1H3,(H,15,17). The molecule has 2 aromatic rings. The monoisotopic (exact) mass is 253 g/mol. The van der Waals surface area contributed by atoms with Gasteiger partial charge in [-0.3, -0.25) is 4.57 Å². The lowest BCUT2D eigenvalue weighted by Crippen LogP contribution is -2.11. The lowest BCUT2D eigenvalue weighted by atomic mass is 10.2. The number of nitrogens with zero attached hydrogens (tertiary/aromatic N) is 2. The predicted octanol–water partition coefficient (Wildman–Crippen LogP) is 1.38. The van der Waals surface area contributed by atoms with Crippen molar-refractivity contribution in [3.8, 4) is 11.8 Å². The Bertz CT molecular complexity index is 682. The van der Waals surface area contributed by atoms with Gasteiger partial charge < -0.3 is 9.72 Å². The molecule has 0 saturated heterocycles. The van der Waals surface area contributed by atoms with Crippen LogP contribution in [0.3, 0.4) is 0 Å². The van der Waals surface area contributed by atoms with Crippen LogP contribution in [-0.2, 0) is 7.05 Å². The molecule has 0 aliphatic carbocycles. The number of H-pyrrole nitrogens is 1. The van der Waals surface area contributed by atoms with Crippen molar-refractivity contribution in [3.63, 3.8) is 0 Å². The number of nitrogens with one attached hydrogen (secondary N) is 1. The van der Waals surface area contributed by atoms with Crippen LogP contribution in [0.1, 0.15) is 5.56 Å². The highest BCUT2D eigenvalue weighted by Gasteiger charge is 2.12. The third-order valence-electron chi connectivity index (χ3n) is 2.49. The largest absolute Gasteiger partial charge is 0.488 e. The van der Waals surface area contributed by atoms with Gasteiger partial charge in [0.15, 0.2) is 0 Å². The summed E-state index contributed by atoms with van der Waals surface area (Å²) in [4.78, 5) is 13.9. The second-order valence-corrected chi connectivity index (χ2v) is 3.67. The van der Waals surface area contributed by atoms with E-state index < -0.39 is 13.0 Å². The first kappa shape index (κ1) is 12.1. The van der Waals surface area contributed by atoms with E-state index in [0.29, 0.717) is 11.0 Å². The van der Waals surface area contributed by atoms with Crippen molar-refractivity contribution in [2.75, 3.05) is 6.61 Å². The molecule has 0 radical (unpaired) electrons. The number of aryl methyl sites for hydroxylation is 1. The number of imidazole rings is 1. The van der Waals surface area contributed by atoms with Crippen LogP contribution in [0.4, 0.5) is 8.78 Å². The molecule has 0 fully saturated rings. The van der Waals surface area contributed by atoms with Gasteiger partial charge in [-0.1, -0.05) is 0 Å². The number of aromatic amines is 1. The molecular weight excluding hydrogens is 244 g/mol. The zero-order chi connectivity index (χ0) is 13.3. The number of halogens is 2. The minimum atomic E-state index is -2.60. The Morgan fingerprint density at radius 3 is 2.89 bits per heavy atom. The molecule has 1 N–H and O–H groups in total. The number of hydrogen-bond donors (Lipinski definition) is 1. The molecule has 1 aromatic carbocycles. The van der Waals surface area contributed by atoms with Crippen molar-refractivity contribution in [1.29, 1.82) is 5.26 Å². The van der Waals surface area contributed by atoms with Crippen molar-refractivity contribution in [2.24, 2.45) is 7.05 Å². The van der Waals surface area contributed by atoms with Crippen molar-refractivity contribution < 1.29 is 13.5 Å². The van der Waals surface area contributed by atoms with Crippen molar-refractivity contribution in [3.05, 3.63) is 28.2 Å². The Morgan fingerprint density at radius 1 is 1.56 bits per heavy atom. The first-order valence-electron chi connectivity index (χ1n) is 5.06. The van der Waals surface area contributed by atoms with E-state index in [2.05, 4.69) is 4.98 Å². The zero-order valence-electron chi connectivity index (χ0n) is 9.41. The zero-order valence-corrected chi connectivity index (χ0v) is 9.41. The minimum Gasteiger partial charge on any atom is -0.488 e. The molecule has 0 aliphatic rings. The Morgan fingerprint density at radius 2 is 2.28 bits per heavy atom. The Balaban J connectivity index is 2.55. The number of fused-ring (bicyclic) bond motifs is 1. The van der Waals surface area contributed by atoms with Crippen LogP contribution in [0.5, 0.6) is 5.75 Å². The molecule has 0 bridgehead atoms. The third kappa shape index (κ3) is 2.05. The average molecular weight is 253 g/mol. The fraction of sp³-hybridized carbons (Fsp3) is 0.273. The Labute approximate surface area is 100 Å². The summed E-state index contributed by atoms with van der Waals surface area (Å²) in [6.07, 6.45) is -2.60. The highest BCUT2D eigenvalue weighted by molar-refractivity contribution is 5.83. The van der Waals surface area contributed by atoms with Gasteiger partial charge in [-0.05, 0) is 0 Å². The van der Waals surface area contributed by atoms with Gasteiger partial charge >= 0.3 is 5.69 Å². The van der Waals surface area contributed by atoms with Gasteiger partial charge in [0.25, 0.3) is 6.43 Å². The summed E-state index contributed by atoms with van der Waals surface area (Å²) in [7, 11) is 1.51. The maximum absolute atomic E-state index is 12.0. The van der Waals surface area contributed by atoms with Crippen molar-refractivity contribution >= 4 is 11.0 Å². The normalized spacial score (nSPS) is 10.8. The van der Waals surface area contributed by atoms with Gasteiger partial charge in [0.1, 0.15) is 18.4 Å². The first-order chi connectivity index (χ1) is 8.52. The van der Waals surface area contributed by atoms with Crippen LogP contribution in [0.25, 0.3) is 11.0 Å². The molecule has 2 rings (SSSR count). The summed E-state index contributed by atoms with van der Waals surface area (Å²) < 4.78 is 30.2. The summed E-state index contributed by atoms with van der Waals surface area (Å²) in [5.74, 6) is 0.133. The fourth-order valence-electron chi connectivity index (χ4n) is 1.63. The predicted molar refractivity (Wildman–Crippen MR) is 59.8 cm³/mol. The number of rotatable bonds is 3. The van der Waals surface area contributed by atoms with E-state index in [1.54, 1.807) is 0 Å². The van der Waals surface area contributed by atoms with Gasteiger partial charge in [0.2, 0.25) is 0 Å². The fourth-order valence-corrected chi connectivity index (χ4v) is 1.63. The average Bonchev–Trinajstić information content (AvgIpc) is 2.62. The molecule has 0 unspecified atom stereocenters. The first-order valence-corrected chi connectivity index (χ1v) is 5.06. The van der Waals surface area contributed by atoms with Gasteiger partial charge in [0, 0.05) is 19.2 Å². The van der Waals surface area contributed by atoms with Gasteiger partial charge in [0.05, 0.1) is 16.6 Å². The van der Waals surface area contributed by atoms with E-state index in [1.807, 2.05) is 6.07 Å². The van der Waals surface area contributed by atoms with Crippen LogP contribution < -0.4 is 10.4 Å². The number of nitriles is 1. The second-order valence-electron chi connectivity index (χ2n) is 3.67. The van der Waals surface area contributed by atoms with E-state index in [9.17, 15) is 13.6 Å². The van der Waals surface area contributed by atoms with Crippen LogP contribution in [0, 0.1) is 11.3 Å². The maximum atomic E-state index is 12.0. The van der Waals surface area contributed by atoms with Crippen LogP contribution in [0.15, 0.2) is 16.9 Å². The summed E-state index contributed by atoms with van der Waals surface area (Å²) in [5, 5.41) is 8.95. The van der Waals surface area contributed by atoms with Crippen LogP contribution in [-0.4, -0.2) is 22.6 Å². The topological polar surface area (TPSA) is 70.8 Å². The van der Waals surface area contributed by atoms with E-state index >= 15 is 0 Å². The Hall–Kier alpha value is -2.36. The highest BCUT2D eigenvalue weighted by atomic mass is 19.3. The lowest BCUT2D eigenvalue weighted by molar-refractivity contribution is 0.0819. The molecule has 7 heteroatoms. The lowest BCUT2D eigenvalue weighted by Gasteiger charge is -2.06. The SMILES string of the molecule is Cn1c(=O)[nH]c2c(C#N)cc(OCC(F)F)cc21. The van der Waals surface area contributed by atoms with Gasteiger partial charge in [-0.2, -0.15) is 5.26 Å².